The highest BCUT2D eigenvalue weighted by molar-refractivity contribution is 5.98. The van der Waals surface area contributed by atoms with Crippen LogP contribution in [0, 0.1) is 5.92 Å². The van der Waals surface area contributed by atoms with Crippen molar-refractivity contribution in [3.05, 3.63) is 90.4 Å². The van der Waals surface area contributed by atoms with Crippen LogP contribution >= 0.6 is 0 Å². The van der Waals surface area contributed by atoms with E-state index >= 15 is 0 Å². The number of nitrogens with zero attached hydrogens (tertiary/aromatic N) is 6. The van der Waals surface area contributed by atoms with Gasteiger partial charge in [-0.2, -0.15) is 5.10 Å². The summed E-state index contributed by atoms with van der Waals surface area (Å²) in [6.45, 7) is 7.27. The van der Waals surface area contributed by atoms with E-state index in [1.165, 1.54) is 0 Å². The Morgan fingerprint density at radius 3 is 2.47 bits per heavy atom. The Balaban J connectivity index is 1.29. The predicted octanol–water partition coefficient (Wildman–Crippen LogP) is 5.52. The van der Waals surface area contributed by atoms with Crippen LogP contribution in [0.25, 0.3) is 27.5 Å². The highest BCUT2D eigenvalue weighted by atomic mass is 16.2. The molecule has 1 aliphatic rings. The van der Waals surface area contributed by atoms with Crippen LogP contribution in [0.3, 0.4) is 0 Å². The molecule has 1 saturated heterocycles. The number of benzene rings is 3. The minimum absolute atomic E-state index is 0.0860. The van der Waals surface area contributed by atoms with Crippen molar-refractivity contribution in [3.63, 3.8) is 0 Å². The number of aromatic nitrogens is 4. The van der Waals surface area contributed by atoms with E-state index in [4.69, 9.17) is 15.1 Å². The normalized spacial score (nSPS) is 14.4. The van der Waals surface area contributed by atoms with Crippen LogP contribution in [0.5, 0.6) is 0 Å². The standard InChI is InChI=1S/C31H32N6O/c1-22(2)19-28-33-29(27-21-32-37(30(27)34-28)26-11-4-3-5-12-26)35-15-8-16-36(18-17-35)31(38)25-14-13-23-9-6-7-10-24(23)20-25/h3-7,9-14,20-22H,8,15-19H2,1-2H3. The summed E-state index contributed by atoms with van der Waals surface area (Å²) in [7, 11) is 0. The van der Waals surface area contributed by atoms with Crippen molar-refractivity contribution in [3.8, 4) is 5.69 Å². The molecule has 0 bridgehead atoms. The Hall–Kier alpha value is -4.26. The van der Waals surface area contributed by atoms with Gasteiger partial charge in [0.1, 0.15) is 11.6 Å². The Morgan fingerprint density at radius 1 is 0.868 bits per heavy atom. The monoisotopic (exact) mass is 504 g/mol. The SMILES string of the molecule is CC(C)Cc1nc(N2CCCN(C(=O)c3ccc4ccccc4c3)CC2)c2cnn(-c3ccccc3)c2n1. The second-order valence-corrected chi connectivity index (χ2v) is 10.4. The van der Waals surface area contributed by atoms with Crippen LogP contribution in [-0.2, 0) is 6.42 Å². The molecule has 1 aliphatic heterocycles. The van der Waals surface area contributed by atoms with Gasteiger partial charge in [-0.1, -0.05) is 62.4 Å². The molecule has 5 aromatic rings. The zero-order chi connectivity index (χ0) is 26.1. The molecule has 1 fully saturated rings. The number of rotatable bonds is 5. The van der Waals surface area contributed by atoms with Gasteiger partial charge in [-0.15, -0.1) is 0 Å². The topological polar surface area (TPSA) is 67.2 Å². The summed E-state index contributed by atoms with van der Waals surface area (Å²) in [6.07, 6.45) is 3.54. The highest BCUT2D eigenvalue weighted by Crippen LogP contribution is 2.28. The van der Waals surface area contributed by atoms with Crippen molar-refractivity contribution in [2.75, 3.05) is 31.1 Å². The van der Waals surface area contributed by atoms with Gasteiger partial charge in [-0.25, -0.2) is 14.6 Å². The number of hydrogen-bond acceptors (Lipinski definition) is 5. The number of anilines is 1. The van der Waals surface area contributed by atoms with E-state index in [1.54, 1.807) is 0 Å². The van der Waals surface area contributed by atoms with Crippen molar-refractivity contribution in [1.29, 1.82) is 0 Å². The van der Waals surface area contributed by atoms with Crippen LogP contribution in [0.2, 0.25) is 0 Å². The summed E-state index contributed by atoms with van der Waals surface area (Å²) in [4.78, 5) is 27.7. The number of hydrogen-bond donors (Lipinski definition) is 0. The zero-order valence-electron chi connectivity index (χ0n) is 21.9. The fourth-order valence-corrected chi connectivity index (χ4v) is 5.23. The van der Waals surface area contributed by atoms with Gasteiger partial charge in [0.05, 0.1) is 17.3 Å². The molecule has 1 amide bonds. The van der Waals surface area contributed by atoms with Gasteiger partial charge in [0.15, 0.2) is 5.65 Å². The molecule has 0 radical (unpaired) electrons. The summed E-state index contributed by atoms with van der Waals surface area (Å²) >= 11 is 0. The van der Waals surface area contributed by atoms with Crippen molar-refractivity contribution in [2.45, 2.75) is 26.7 Å². The van der Waals surface area contributed by atoms with E-state index in [0.29, 0.717) is 19.0 Å². The lowest BCUT2D eigenvalue weighted by Crippen LogP contribution is -2.35. The minimum Gasteiger partial charge on any atom is -0.354 e. The van der Waals surface area contributed by atoms with E-state index in [2.05, 4.69) is 30.9 Å². The molecule has 2 aromatic heterocycles. The summed E-state index contributed by atoms with van der Waals surface area (Å²) in [5.74, 6) is 2.26. The summed E-state index contributed by atoms with van der Waals surface area (Å²) < 4.78 is 1.90. The molecule has 0 atom stereocenters. The van der Waals surface area contributed by atoms with Crippen molar-refractivity contribution >= 4 is 33.5 Å². The van der Waals surface area contributed by atoms with E-state index < -0.39 is 0 Å². The molecule has 0 spiro atoms. The van der Waals surface area contributed by atoms with Crippen LogP contribution < -0.4 is 4.90 Å². The van der Waals surface area contributed by atoms with Gasteiger partial charge < -0.3 is 9.80 Å². The molecule has 38 heavy (non-hydrogen) atoms. The van der Waals surface area contributed by atoms with E-state index in [9.17, 15) is 4.79 Å². The Kier molecular flexibility index (Phi) is 6.50. The lowest BCUT2D eigenvalue weighted by molar-refractivity contribution is 0.0767. The Morgan fingerprint density at radius 2 is 1.66 bits per heavy atom. The number of carbonyl (C=O) groups is 1. The van der Waals surface area contributed by atoms with E-state index in [0.717, 1.165) is 70.6 Å². The lowest BCUT2D eigenvalue weighted by atomic mass is 10.1. The maximum atomic E-state index is 13.5. The molecule has 192 valence electrons. The molecule has 0 aliphatic carbocycles. The molecule has 6 rings (SSSR count). The van der Waals surface area contributed by atoms with Gasteiger partial charge in [0.25, 0.3) is 5.91 Å². The number of carbonyl (C=O) groups excluding carboxylic acids is 1. The third kappa shape index (κ3) is 4.72. The smallest absolute Gasteiger partial charge is 0.253 e. The first-order chi connectivity index (χ1) is 18.6. The average Bonchev–Trinajstić information content (AvgIpc) is 3.21. The van der Waals surface area contributed by atoms with Gasteiger partial charge >= 0.3 is 0 Å². The summed E-state index contributed by atoms with van der Waals surface area (Å²) in [5, 5.41) is 7.87. The van der Waals surface area contributed by atoms with Gasteiger partial charge in [-0.3, -0.25) is 4.79 Å². The largest absolute Gasteiger partial charge is 0.354 e. The van der Waals surface area contributed by atoms with Crippen LogP contribution in [-0.4, -0.2) is 56.7 Å². The minimum atomic E-state index is 0.0860. The summed E-state index contributed by atoms with van der Waals surface area (Å²) in [5.41, 5.74) is 2.54. The maximum absolute atomic E-state index is 13.5. The molecule has 3 aromatic carbocycles. The molecular formula is C31H32N6O. The fraction of sp³-hybridized carbons (Fsp3) is 0.290. The van der Waals surface area contributed by atoms with Gasteiger partial charge in [-0.05, 0) is 47.4 Å². The summed E-state index contributed by atoms with van der Waals surface area (Å²) in [6, 6.07) is 24.2. The second kappa shape index (κ2) is 10.2. The molecule has 7 heteroatoms. The van der Waals surface area contributed by atoms with Crippen molar-refractivity contribution in [1.82, 2.24) is 24.6 Å². The molecule has 0 N–H and O–H groups in total. The van der Waals surface area contributed by atoms with Crippen molar-refractivity contribution in [2.24, 2.45) is 5.92 Å². The quantitative estimate of drug-likeness (QED) is 0.315. The molecule has 3 heterocycles. The van der Waals surface area contributed by atoms with Gasteiger partial charge in [0, 0.05) is 38.2 Å². The fourth-order valence-electron chi connectivity index (χ4n) is 5.23. The molecular weight excluding hydrogens is 472 g/mol. The number of para-hydroxylation sites is 1. The second-order valence-electron chi connectivity index (χ2n) is 10.4. The van der Waals surface area contributed by atoms with Crippen molar-refractivity contribution < 1.29 is 4.79 Å². The Bertz CT molecular complexity index is 1590. The maximum Gasteiger partial charge on any atom is 0.253 e. The first-order valence-corrected chi connectivity index (χ1v) is 13.4. The van der Waals surface area contributed by atoms with Crippen LogP contribution in [0.4, 0.5) is 5.82 Å². The third-order valence-electron chi connectivity index (χ3n) is 7.13. The zero-order valence-corrected chi connectivity index (χ0v) is 21.9. The first-order valence-electron chi connectivity index (χ1n) is 13.4. The molecule has 7 nitrogen and oxygen atoms in total. The lowest BCUT2D eigenvalue weighted by Gasteiger charge is -2.24. The van der Waals surface area contributed by atoms with Gasteiger partial charge in [0.2, 0.25) is 0 Å². The third-order valence-corrected chi connectivity index (χ3v) is 7.13. The Labute approximate surface area is 222 Å². The number of fused-ring (bicyclic) bond motifs is 2. The van der Waals surface area contributed by atoms with E-state index in [-0.39, 0.29) is 5.91 Å². The highest BCUT2D eigenvalue weighted by Gasteiger charge is 2.24. The predicted molar refractivity (Wildman–Crippen MR) is 152 cm³/mol. The molecule has 0 saturated carbocycles. The number of amides is 1. The van der Waals surface area contributed by atoms with Crippen LogP contribution in [0.1, 0.15) is 36.5 Å². The molecule has 0 unspecified atom stereocenters. The van der Waals surface area contributed by atoms with Crippen LogP contribution in [0.15, 0.2) is 79.0 Å². The average molecular weight is 505 g/mol. The first kappa shape index (κ1) is 24.1. The van der Waals surface area contributed by atoms with E-state index in [1.807, 2.05) is 76.4 Å².